The van der Waals surface area contributed by atoms with Crippen LogP contribution in [0.5, 0.6) is 0 Å². The third kappa shape index (κ3) is 2.56. The molecule has 0 aliphatic carbocycles. The van der Waals surface area contributed by atoms with Crippen LogP contribution in [0.4, 0.5) is 5.95 Å². The number of nitrogens with zero attached hydrogens (tertiary/aromatic N) is 1. The number of H-pyrrole nitrogens is 2. The highest BCUT2D eigenvalue weighted by molar-refractivity contribution is 5.87. The van der Waals surface area contributed by atoms with E-state index in [4.69, 9.17) is 10.8 Å². The van der Waals surface area contributed by atoms with Gasteiger partial charge in [-0.15, -0.1) is 0 Å². The van der Waals surface area contributed by atoms with Crippen molar-refractivity contribution in [3.63, 3.8) is 0 Å². The Labute approximate surface area is 124 Å². The Morgan fingerprint density at radius 3 is 2.64 bits per heavy atom. The second kappa shape index (κ2) is 5.36. The van der Waals surface area contributed by atoms with Gasteiger partial charge >= 0.3 is 5.97 Å². The Hall–Kier alpha value is -3.09. The van der Waals surface area contributed by atoms with Crippen LogP contribution < -0.4 is 11.3 Å². The summed E-state index contributed by atoms with van der Waals surface area (Å²) in [5, 5.41) is 8.87. The van der Waals surface area contributed by atoms with Gasteiger partial charge in [0.05, 0.1) is 5.56 Å². The summed E-state index contributed by atoms with van der Waals surface area (Å²) in [4.78, 5) is 32.0. The maximum atomic E-state index is 11.7. The van der Waals surface area contributed by atoms with E-state index in [-0.39, 0.29) is 17.1 Å². The van der Waals surface area contributed by atoms with Crippen LogP contribution in [0.2, 0.25) is 0 Å². The number of aryl methyl sites for hydroxylation is 2. The van der Waals surface area contributed by atoms with Crippen molar-refractivity contribution in [1.82, 2.24) is 15.0 Å². The number of carbonyl (C=O) groups is 1. The predicted molar refractivity (Wildman–Crippen MR) is 81.9 cm³/mol. The SMILES string of the molecule is Nc1nc2c(CCc3ccc(C(=O)O)cc3)c[nH]c2c(=O)[nH]1. The lowest BCUT2D eigenvalue weighted by molar-refractivity contribution is 0.0697. The summed E-state index contributed by atoms with van der Waals surface area (Å²) in [5.74, 6) is -0.855. The number of hydrogen-bond donors (Lipinski definition) is 4. The van der Waals surface area contributed by atoms with E-state index >= 15 is 0 Å². The zero-order chi connectivity index (χ0) is 15.7. The van der Waals surface area contributed by atoms with Gasteiger partial charge in [0.25, 0.3) is 5.56 Å². The first-order valence-corrected chi connectivity index (χ1v) is 6.72. The minimum atomic E-state index is -0.943. The second-order valence-corrected chi connectivity index (χ2v) is 4.99. The maximum Gasteiger partial charge on any atom is 0.335 e. The predicted octanol–water partition coefficient (Wildman–Crippen LogP) is 1.32. The van der Waals surface area contributed by atoms with Gasteiger partial charge in [-0.3, -0.25) is 9.78 Å². The van der Waals surface area contributed by atoms with E-state index in [0.29, 0.717) is 23.9 Å². The first-order chi connectivity index (χ1) is 10.5. The standard InChI is InChI=1S/C15H14N4O3/c16-15-18-11-10(7-17-12(11)13(20)19-15)6-3-8-1-4-9(5-2-8)14(21)22/h1-2,4-5,7,17H,3,6H2,(H,21,22)(H3,16,18,19,20). The molecular formula is C15H14N4O3. The van der Waals surface area contributed by atoms with Gasteiger partial charge < -0.3 is 15.8 Å². The number of rotatable bonds is 4. The molecule has 0 spiro atoms. The van der Waals surface area contributed by atoms with Crippen molar-refractivity contribution in [3.8, 4) is 0 Å². The maximum absolute atomic E-state index is 11.7. The Balaban J connectivity index is 1.82. The fraction of sp³-hybridized carbons (Fsp3) is 0.133. The van der Waals surface area contributed by atoms with E-state index in [9.17, 15) is 9.59 Å². The molecule has 2 heterocycles. The second-order valence-electron chi connectivity index (χ2n) is 4.99. The van der Waals surface area contributed by atoms with Crippen LogP contribution in [0, 0.1) is 0 Å². The molecule has 0 radical (unpaired) electrons. The average Bonchev–Trinajstić information content (AvgIpc) is 2.89. The molecule has 0 bridgehead atoms. The largest absolute Gasteiger partial charge is 0.478 e. The molecule has 3 rings (SSSR count). The molecule has 5 N–H and O–H groups in total. The van der Waals surface area contributed by atoms with Gasteiger partial charge in [0.1, 0.15) is 11.0 Å². The van der Waals surface area contributed by atoms with Crippen LogP contribution >= 0.6 is 0 Å². The van der Waals surface area contributed by atoms with Gasteiger partial charge in [0.15, 0.2) is 0 Å². The number of nitrogens with two attached hydrogens (primary N) is 1. The molecule has 0 saturated carbocycles. The lowest BCUT2D eigenvalue weighted by Crippen LogP contribution is -2.11. The summed E-state index contributed by atoms with van der Waals surface area (Å²) >= 11 is 0. The molecule has 3 aromatic rings. The highest BCUT2D eigenvalue weighted by Crippen LogP contribution is 2.16. The fourth-order valence-corrected chi connectivity index (χ4v) is 2.37. The molecule has 2 aromatic heterocycles. The highest BCUT2D eigenvalue weighted by Gasteiger charge is 2.10. The summed E-state index contributed by atoms with van der Waals surface area (Å²) in [5.41, 5.74) is 8.43. The van der Waals surface area contributed by atoms with Gasteiger partial charge in [0.2, 0.25) is 5.95 Å². The number of hydrogen-bond acceptors (Lipinski definition) is 4. The smallest absolute Gasteiger partial charge is 0.335 e. The molecule has 1 aromatic carbocycles. The van der Waals surface area contributed by atoms with Gasteiger partial charge in [-0.2, -0.15) is 0 Å². The number of nitrogen functional groups attached to an aromatic ring is 1. The Morgan fingerprint density at radius 1 is 1.23 bits per heavy atom. The first kappa shape index (κ1) is 13.9. The normalized spacial score (nSPS) is 10.9. The number of anilines is 1. The zero-order valence-corrected chi connectivity index (χ0v) is 11.6. The Bertz CT molecular complexity index is 893. The summed E-state index contributed by atoms with van der Waals surface area (Å²) in [6.07, 6.45) is 3.13. The number of fused-ring (bicyclic) bond motifs is 1. The van der Waals surface area contributed by atoms with Crippen LogP contribution in [-0.4, -0.2) is 26.0 Å². The van der Waals surface area contributed by atoms with Crippen molar-refractivity contribution < 1.29 is 9.90 Å². The molecule has 22 heavy (non-hydrogen) atoms. The van der Waals surface area contributed by atoms with Crippen molar-refractivity contribution in [2.45, 2.75) is 12.8 Å². The van der Waals surface area contributed by atoms with Gasteiger partial charge in [-0.1, -0.05) is 12.1 Å². The molecule has 112 valence electrons. The summed E-state index contributed by atoms with van der Waals surface area (Å²) in [6, 6.07) is 6.72. The van der Waals surface area contributed by atoms with Crippen molar-refractivity contribution in [3.05, 3.63) is 57.5 Å². The average molecular weight is 298 g/mol. The van der Waals surface area contributed by atoms with Crippen LogP contribution in [0.15, 0.2) is 35.3 Å². The summed E-state index contributed by atoms with van der Waals surface area (Å²) in [6.45, 7) is 0. The van der Waals surface area contributed by atoms with Gasteiger partial charge in [-0.05, 0) is 36.1 Å². The monoisotopic (exact) mass is 298 g/mol. The number of aromatic carboxylic acids is 1. The lowest BCUT2D eigenvalue weighted by Gasteiger charge is -2.02. The Morgan fingerprint density at radius 2 is 1.95 bits per heavy atom. The quantitative estimate of drug-likeness (QED) is 0.578. The molecule has 0 unspecified atom stereocenters. The fourth-order valence-electron chi connectivity index (χ4n) is 2.37. The van der Waals surface area contributed by atoms with E-state index in [1.54, 1.807) is 30.5 Å². The van der Waals surface area contributed by atoms with E-state index in [1.807, 2.05) is 0 Å². The van der Waals surface area contributed by atoms with Crippen molar-refractivity contribution in [2.75, 3.05) is 5.73 Å². The zero-order valence-electron chi connectivity index (χ0n) is 11.6. The summed E-state index contributed by atoms with van der Waals surface area (Å²) < 4.78 is 0. The topological polar surface area (TPSA) is 125 Å². The molecule has 7 nitrogen and oxygen atoms in total. The van der Waals surface area contributed by atoms with Crippen molar-refractivity contribution in [1.29, 1.82) is 0 Å². The number of aromatic amines is 2. The minimum absolute atomic E-state index is 0.0872. The number of carboxylic acids is 1. The number of benzene rings is 1. The molecule has 0 fully saturated rings. The highest BCUT2D eigenvalue weighted by atomic mass is 16.4. The van der Waals surface area contributed by atoms with Crippen LogP contribution in [0.3, 0.4) is 0 Å². The van der Waals surface area contributed by atoms with Crippen LogP contribution in [-0.2, 0) is 12.8 Å². The van der Waals surface area contributed by atoms with Crippen molar-refractivity contribution in [2.24, 2.45) is 0 Å². The number of carboxylic acid groups (broad SMARTS) is 1. The van der Waals surface area contributed by atoms with Gasteiger partial charge in [-0.25, -0.2) is 9.78 Å². The van der Waals surface area contributed by atoms with E-state index in [1.165, 1.54) is 0 Å². The first-order valence-electron chi connectivity index (χ1n) is 6.72. The van der Waals surface area contributed by atoms with E-state index in [2.05, 4.69) is 15.0 Å². The molecule has 0 amide bonds. The molecular weight excluding hydrogens is 284 g/mol. The van der Waals surface area contributed by atoms with Crippen LogP contribution in [0.25, 0.3) is 11.0 Å². The Kier molecular flexibility index (Phi) is 3.38. The minimum Gasteiger partial charge on any atom is -0.478 e. The number of nitrogens with one attached hydrogen (secondary N) is 2. The van der Waals surface area contributed by atoms with Gasteiger partial charge in [0, 0.05) is 6.20 Å². The molecule has 7 heteroatoms. The van der Waals surface area contributed by atoms with E-state index < -0.39 is 5.97 Å². The summed E-state index contributed by atoms with van der Waals surface area (Å²) in [7, 11) is 0. The molecule has 0 aliphatic rings. The van der Waals surface area contributed by atoms with Crippen LogP contribution in [0.1, 0.15) is 21.5 Å². The van der Waals surface area contributed by atoms with E-state index in [0.717, 1.165) is 11.1 Å². The lowest BCUT2D eigenvalue weighted by atomic mass is 10.0. The third-order valence-electron chi connectivity index (χ3n) is 3.52. The number of aromatic nitrogens is 3. The molecule has 0 atom stereocenters. The molecule has 0 saturated heterocycles. The third-order valence-corrected chi connectivity index (χ3v) is 3.52. The molecule has 0 aliphatic heterocycles. The van der Waals surface area contributed by atoms with Crippen molar-refractivity contribution >= 4 is 23.0 Å².